The van der Waals surface area contributed by atoms with E-state index in [-0.39, 0.29) is 57.7 Å². The molecule has 0 N–H and O–H groups in total. The summed E-state index contributed by atoms with van der Waals surface area (Å²) in [5, 5.41) is 0.978. The van der Waals surface area contributed by atoms with Crippen LogP contribution < -0.4 is 0 Å². The van der Waals surface area contributed by atoms with Gasteiger partial charge in [-0.25, -0.2) is 4.37 Å². The van der Waals surface area contributed by atoms with Crippen molar-refractivity contribution in [2.45, 2.75) is 12.5 Å². The second kappa shape index (κ2) is 13.5. The average Bonchev–Trinajstić information content (AvgIpc) is 3.68. The zero-order valence-corrected chi connectivity index (χ0v) is 27.9. The van der Waals surface area contributed by atoms with Crippen LogP contribution in [0.2, 0.25) is 0 Å². The number of hydrogen-bond donors (Lipinski definition) is 0. The van der Waals surface area contributed by atoms with Gasteiger partial charge in [0.05, 0.1) is 11.3 Å². The molecule has 0 saturated heterocycles. The van der Waals surface area contributed by atoms with Gasteiger partial charge in [-0.2, -0.15) is 26.3 Å². The van der Waals surface area contributed by atoms with Crippen LogP contribution in [0.1, 0.15) is 5.56 Å². The molecular weight excluding hydrogens is 841 g/mol. The van der Waals surface area contributed by atoms with Crippen molar-refractivity contribution < 1.29 is 46.4 Å². The van der Waals surface area contributed by atoms with Crippen LogP contribution in [0.15, 0.2) is 116 Å². The molecule has 0 aliphatic carbocycles. The first-order chi connectivity index (χ1) is 23.1. The smallest absolute Gasteiger partial charge is 0.305 e. The van der Waals surface area contributed by atoms with E-state index in [2.05, 4.69) is 37.5 Å². The summed E-state index contributed by atoms with van der Waals surface area (Å²) >= 11 is 1.49. The zero-order valence-electron chi connectivity index (χ0n) is 24.7. The molecule has 247 valence electrons. The van der Waals surface area contributed by atoms with E-state index in [4.69, 9.17) is 0 Å². The SMILES string of the molecule is FC(F)(F)c1ccc2c(c1)c1cc[c-]c(-c3ccccn3)c1n2C(F)(F)F.[Ir].[c-]1ccccc1-c1nsc2cc(-c3cccnc3)ncc12. The standard InChI is InChI=1S/C19H9F6N2.C17H10N3S.Ir/c20-18(21,22)11-7-8-16-14(10-11)12-4-3-5-13(15-6-1-2-9-26-15)17(12)27(16)19(23,24)25;1-2-5-12(6-3-1)17-14-11-19-15(9-16(14)21-20-17)13-7-4-8-18-10-13;/h1-4,6-10H;1-5,7-11H;/q2*-1;. The minimum atomic E-state index is -4.83. The van der Waals surface area contributed by atoms with E-state index in [1.165, 1.54) is 35.9 Å². The minimum Gasteiger partial charge on any atom is -0.305 e. The first kappa shape index (κ1) is 33.9. The van der Waals surface area contributed by atoms with Crippen LogP contribution in [0.4, 0.5) is 26.3 Å². The number of aromatic nitrogens is 5. The molecule has 0 fully saturated rings. The van der Waals surface area contributed by atoms with Gasteiger partial charge < -0.3 is 4.98 Å². The Morgan fingerprint density at radius 1 is 0.694 bits per heavy atom. The molecule has 49 heavy (non-hydrogen) atoms. The third-order valence-corrected chi connectivity index (χ3v) is 8.31. The van der Waals surface area contributed by atoms with E-state index in [0.717, 1.165) is 44.7 Å². The van der Waals surface area contributed by atoms with E-state index in [0.29, 0.717) is 6.07 Å². The third-order valence-electron chi connectivity index (χ3n) is 7.50. The quantitative estimate of drug-likeness (QED) is 0.131. The first-order valence-electron chi connectivity index (χ1n) is 14.3. The van der Waals surface area contributed by atoms with Crippen molar-refractivity contribution in [1.82, 2.24) is 23.9 Å². The Morgan fingerprint density at radius 3 is 2.22 bits per heavy atom. The molecule has 0 amide bonds. The van der Waals surface area contributed by atoms with E-state index in [1.54, 1.807) is 18.3 Å². The fraction of sp³-hybridized carbons (Fsp3) is 0.0556. The predicted molar refractivity (Wildman–Crippen MR) is 173 cm³/mol. The molecule has 0 unspecified atom stereocenters. The van der Waals surface area contributed by atoms with Gasteiger partial charge in [-0.1, -0.05) is 17.5 Å². The van der Waals surface area contributed by atoms with Gasteiger partial charge in [0.25, 0.3) is 0 Å². The maximum atomic E-state index is 13.8. The van der Waals surface area contributed by atoms with Crippen molar-refractivity contribution in [3.8, 4) is 33.8 Å². The molecule has 0 aliphatic rings. The second-order valence-corrected chi connectivity index (χ2v) is 11.3. The van der Waals surface area contributed by atoms with Crippen LogP contribution in [-0.2, 0) is 32.6 Å². The van der Waals surface area contributed by atoms with Crippen LogP contribution in [0.3, 0.4) is 0 Å². The van der Waals surface area contributed by atoms with Crippen LogP contribution in [0, 0.1) is 12.1 Å². The zero-order chi connectivity index (χ0) is 33.5. The van der Waals surface area contributed by atoms with Crippen molar-refractivity contribution in [1.29, 1.82) is 0 Å². The Kier molecular flexibility index (Phi) is 9.34. The van der Waals surface area contributed by atoms with Gasteiger partial charge in [0.1, 0.15) is 0 Å². The maximum absolute atomic E-state index is 13.8. The van der Waals surface area contributed by atoms with E-state index >= 15 is 0 Å². The van der Waals surface area contributed by atoms with Crippen molar-refractivity contribution in [2.75, 3.05) is 0 Å². The Balaban J connectivity index is 0.000000171. The van der Waals surface area contributed by atoms with Crippen LogP contribution in [0.25, 0.3) is 65.7 Å². The second-order valence-electron chi connectivity index (χ2n) is 10.5. The number of hydrogen-bond acceptors (Lipinski definition) is 5. The molecule has 0 bridgehead atoms. The van der Waals surface area contributed by atoms with Gasteiger partial charge in [-0.3, -0.25) is 14.5 Å². The van der Waals surface area contributed by atoms with Gasteiger partial charge >= 0.3 is 12.5 Å². The Morgan fingerprint density at radius 2 is 1.53 bits per heavy atom. The summed E-state index contributed by atoms with van der Waals surface area (Å²) in [7, 11) is 0. The van der Waals surface area contributed by atoms with Gasteiger partial charge in [0, 0.05) is 66.4 Å². The fourth-order valence-electron chi connectivity index (χ4n) is 5.39. The summed E-state index contributed by atoms with van der Waals surface area (Å²) in [5.74, 6) is 0. The monoisotopic (exact) mass is 860 g/mol. The first-order valence-corrected chi connectivity index (χ1v) is 15.0. The Labute approximate surface area is 292 Å². The van der Waals surface area contributed by atoms with Gasteiger partial charge in [-0.05, 0) is 76.0 Å². The molecule has 13 heteroatoms. The van der Waals surface area contributed by atoms with Crippen molar-refractivity contribution in [2.24, 2.45) is 0 Å². The Bertz CT molecular complexity index is 2380. The molecule has 0 saturated carbocycles. The maximum Gasteiger partial charge on any atom is 0.481 e. The molecule has 0 atom stereocenters. The largest absolute Gasteiger partial charge is 0.481 e. The van der Waals surface area contributed by atoms with E-state index in [1.807, 2.05) is 48.8 Å². The molecule has 8 aromatic rings. The number of benzene rings is 3. The van der Waals surface area contributed by atoms with Gasteiger partial charge in [0.15, 0.2) is 0 Å². The normalized spacial score (nSPS) is 11.7. The van der Waals surface area contributed by atoms with Crippen LogP contribution >= 0.6 is 11.5 Å². The van der Waals surface area contributed by atoms with Gasteiger partial charge in [-0.15, -0.1) is 59.7 Å². The molecule has 0 aliphatic heterocycles. The molecule has 3 aromatic carbocycles. The van der Waals surface area contributed by atoms with Crippen molar-refractivity contribution in [3.05, 3.63) is 133 Å². The number of alkyl halides is 6. The number of pyridine rings is 3. The molecular formula is C36H19F6IrN5S-2. The summed E-state index contributed by atoms with van der Waals surface area (Å²) in [4.78, 5) is 12.7. The topological polar surface area (TPSA) is 56.5 Å². The molecule has 5 heterocycles. The fourth-order valence-corrected chi connectivity index (χ4v) is 6.19. The van der Waals surface area contributed by atoms with Crippen LogP contribution in [0.5, 0.6) is 0 Å². The number of rotatable bonds is 3. The summed E-state index contributed by atoms with van der Waals surface area (Å²) in [6.07, 6.45) is -2.61. The van der Waals surface area contributed by atoms with Gasteiger partial charge in [0.2, 0.25) is 0 Å². The minimum absolute atomic E-state index is 0. The van der Waals surface area contributed by atoms with Crippen molar-refractivity contribution in [3.63, 3.8) is 0 Å². The average molecular weight is 860 g/mol. The van der Waals surface area contributed by atoms with Crippen LogP contribution in [-0.4, -0.2) is 23.9 Å². The molecule has 8 rings (SSSR count). The molecule has 5 aromatic heterocycles. The predicted octanol–water partition coefficient (Wildman–Crippen LogP) is 10.4. The Hall–Kier alpha value is -4.97. The van der Waals surface area contributed by atoms with E-state index in [9.17, 15) is 26.3 Å². The molecule has 5 nitrogen and oxygen atoms in total. The molecule has 0 spiro atoms. The summed E-state index contributed by atoms with van der Waals surface area (Å²) < 4.78 is 86.4. The van der Waals surface area contributed by atoms with Crippen molar-refractivity contribution >= 4 is 43.4 Å². The summed E-state index contributed by atoms with van der Waals surface area (Å²) in [6.45, 7) is 0. The number of nitrogens with zero attached hydrogens (tertiary/aromatic N) is 5. The molecule has 1 radical (unpaired) electrons. The number of fused-ring (bicyclic) bond motifs is 4. The summed E-state index contributed by atoms with van der Waals surface area (Å²) in [6, 6.07) is 29.5. The third kappa shape index (κ3) is 6.69. The number of halogens is 6. The van der Waals surface area contributed by atoms with E-state index < -0.39 is 18.0 Å². The summed E-state index contributed by atoms with van der Waals surface area (Å²) in [5.41, 5.74) is 2.54.